The summed E-state index contributed by atoms with van der Waals surface area (Å²) in [6, 6.07) is 6.92. The summed E-state index contributed by atoms with van der Waals surface area (Å²) in [5.41, 5.74) is 6.96. The minimum Gasteiger partial charge on any atom is -0.435 e. The van der Waals surface area contributed by atoms with Gasteiger partial charge >= 0.3 is 6.61 Å². The van der Waals surface area contributed by atoms with E-state index in [0.717, 1.165) is 38.3 Å². The number of nitrogens with two attached hydrogens (primary N) is 1. The van der Waals surface area contributed by atoms with Crippen LogP contribution in [0.5, 0.6) is 5.75 Å². The second kappa shape index (κ2) is 7.68. The molecule has 0 amide bonds. The number of ether oxygens (including phenoxy) is 1. The predicted octanol–water partition coefficient (Wildman–Crippen LogP) is 1.93. The van der Waals surface area contributed by atoms with Crippen LogP contribution < -0.4 is 10.5 Å². The SMILES string of the molecule is CCN1CCN(C(CN)c2ccc(OC(F)F)cc2)CC1. The van der Waals surface area contributed by atoms with E-state index in [1.165, 1.54) is 0 Å². The summed E-state index contributed by atoms with van der Waals surface area (Å²) >= 11 is 0. The van der Waals surface area contributed by atoms with Gasteiger partial charge in [-0.05, 0) is 24.2 Å². The molecule has 118 valence electrons. The third-order valence-electron chi connectivity index (χ3n) is 4.01. The molecule has 1 aliphatic heterocycles. The van der Waals surface area contributed by atoms with E-state index in [1.54, 1.807) is 12.1 Å². The van der Waals surface area contributed by atoms with Gasteiger partial charge in [-0.1, -0.05) is 19.1 Å². The Kier molecular flexibility index (Phi) is 5.90. The third kappa shape index (κ3) is 4.36. The van der Waals surface area contributed by atoms with Gasteiger partial charge in [0, 0.05) is 38.8 Å². The first-order valence-corrected chi connectivity index (χ1v) is 7.35. The number of halogens is 2. The number of rotatable bonds is 6. The molecule has 0 aliphatic carbocycles. The summed E-state index contributed by atoms with van der Waals surface area (Å²) in [5, 5.41) is 0. The Morgan fingerprint density at radius 2 is 1.76 bits per heavy atom. The fourth-order valence-electron chi connectivity index (χ4n) is 2.76. The molecular weight excluding hydrogens is 276 g/mol. The van der Waals surface area contributed by atoms with Crippen molar-refractivity contribution in [2.75, 3.05) is 39.3 Å². The van der Waals surface area contributed by atoms with Gasteiger partial charge in [-0.15, -0.1) is 0 Å². The average Bonchev–Trinajstić information content (AvgIpc) is 2.50. The summed E-state index contributed by atoms with van der Waals surface area (Å²) in [6.45, 7) is 5.00. The van der Waals surface area contributed by atoms with E-state index in [4.69, 9.17) is 5.73 Å². The lowest BCUT2D eigenvalue weighted by atomic mass is 10.0. The predicted molar refractivity (Wildman–Crippen MR) is 78.6 cm³/mol. The molecule has 6 heteroatoms. The van der Waals surface area contributed by atoms with Gasteiger partial charge in [-0.25, -0.2) is 0 Å². The van der Waals surface area contributed by atoms with Crippen LogP contribution >= 0.6 is 0 Å². The molecule has 0 saturated carbocycles. The number of likely N-dealkylation sites (N-methyl/N-ethyl adjacent to an activating group) is 1. The van der Waals surface area contributed by atoms with Crippen LogP contribution in [-0.2, 0) is 0 Å². The topological polar surface area (TPSA) is 41.7 Å². The molecule has 1 atom stereocenters. The Labute approximate surface area is 124 Å². The van der Waals surface area contributed by atoms with Gasteiger partial charge in [0.1, 0.15) is 5.75 Å². The van der Waals surface area contributed by atoms with E-state index < -0.39 is 6.61 Å². The van der Waals surface area contributed by atoms with Crippen LogP contribution in [0.2, 0.25) is 0 Å². The summed E-state index contributed by atoms with van der Waals surface area (Å²) in [4.78, 5) is 4.76. The van der Waals surface area contributed by atoms with Gasteiger partial charge in [-0.3, -0.25) is 4.90 Å². The van der Waals surface area contributed by atoms with Crippen LogP contribution in [0.4, 0.5) is 8.78 Å². The zero-order chi connectivity index (χ0) is 15.2. The van der Waals surface area contributed by atoms with E-state index in [2.05, 4.69) is 21.5 Å². The smallest absolute Gasteiger partial charge is 0.387 e. The molecule has 1 aromatic carbocycles. The van der Waals surface area contributed by atoms with Gasteiger partial charge < -0.3 is 15.4 Å². The number of nitrogens with zero attached hydrogens (tertiary/aromatic N) is 2. The number of hydrogen-bond donors (Lipinski definition) is 1. The molecule has 1 aliphatic rings. The van der Waals surface area contributed by atoms with Gasteiger partial charge in [-0.2, -0.15) is 8.78 Å². The Bertz CT molecular complexity index is 419. The lowest BCUT2D eigenvalue weighted by Crippen LogP contribution is -2.48. The summed E-state index contributed by atoms with van der Waals surface area (Å²) in [5.74, 6) is 0.181. The van der Waals surface area contributed by atoms with E-state index in [0.29, 0.717) is 6.54 Å². The zero-order valence-corrected chi connectivity index (χ0v) is 12.3. The Balaban J connectivity index is 2.00. The molecule has 1 unspecified atom stereocenters. The standard InChI is InChI=1S/C15H23F2N3O/c1-2-19-7-9-20(10-8-19)14(11-18)12-3-5-13(6-4-12)21-15(16)17/h3-6,14-15H,2,7-11,18H2,1H3. The van der Waals surface area contributed by atoms with E-state index in [-0.39, 0.29) is 11.8 Å². The maximum Gasteiger partial charge on any atom is 0.387 e. The highest BCUT2D eigenvalue weighted by atomic mass is 19.3. The van der Waals surface area contributed by atoms with Crippen molar-refractivity contribution in [2.45, 2.75) is 19.6 Å². The lowest BCUT2D eigenvalue weighted by molar-refractivity contribution is -0.0498. The van der Waals surface area contributed by atoms with Crippen LogP contribution in [0.15, 0.2) is 24.3 Å². The lowest BCUT2D eigenvalue weighted by Gasteiger charge is -2.38. The molecule has 2 rings (SSSR count). The highest BCUT2D eigenvalue weighted by molar-refractivity contribution is 5.29. The molecule has 4 nitrogen and oxygen atoms in total. The van der Waals surface area contributed by atoms with Crippen molar-refractivity contribution in [3.63, 3.8) is 0 Å². The van der Waals surface area contributed by atoms with E-state index in [1.807, 2.05) is 12.1 Å². The van der Waals surface area contributed by atoms with Crippen molar-refractivity contribution in [2.24, 2.45) is 5.73 Å². The molecule has 1 saturated heterocycles. The Morgan fingerprint density at radius 1 is 1.14 bits per heavy atom. The number of alkyl halides is 2. The van der Waals surface area contributed by atoms with Gasteiger partial charge in [0.2, 0.25) is 0 Å². The quantitative estimate of drug-likeness (QED) is 0.871. The summed E-state index contributed by atoms with van der Waals surface area (Å²) in [7, 11) is 0. The molecular formula is C15H23F2N3O. The summed E-state index contributed by atoms with van der Waals surface area (Å²) in [6.07, 6.45) is 0. The second-order valence-corrected chi connectivity index (χ2v) is 5.17. The highest BCUT2D eigenvalue weighted by Gasteiger charge is 2.23. The van der Waals surface area contributed by atoms with Crippen molar-refractivity contribution >= 4 is 0 Å². The van der Waals surface area contributed by atoms with Crippen LogP contribution in [0.25, 0.3) is 0 Å². The van der Waals surface area contributed by atoms with Crippen molar-refractivity contribution < 1.29 is 13.5 Å². The second-order valence-electron chi connectivity index (χ2n) is 5.17. The normalized spacial score (nSPS) is 18.9. The van der Waals surface area contributed by atoms with Gasteiger partial charge in [0.05, 0.1) is 0 Å². The first-order valence-electron chi connectivity index (χ1n) is 7.35. The van der Waals surface area contributed by atoms with Gasteiger partial charge in [0.15, 0.2) is 0 Å². The van der Waals surface area contributed by atoms with Crippen molar-refractivity contribution in [1.82, 2.24) is 9.80 Å². The number of hydrogen-bond acceptors (Lipinski definition) is 4. The van der Waals surface area contributed by atoms with Crippen LogP contribution in [0, 0.1) is 0 Å². The molecule has 1 heterocycles. The van der Waals surface area contributed by atoms with E-state index >= 15 is 0 Å². The monoisotopic (exact) mass is 299 g/mol. The first-order chi connectivity index (χ1) is 10.1. The van der Waals surface area contributed by atoms with E-state index in [9.17, 15) is 8.78 Å². The molecule has 21 heavy (non-hydrogen) atoms. The largest absolute Gasteiger partial charge is 0.435 e. The van der Waals surface area contributed by atoms with Crippen molar-refractivity contribution in [3.8, 4) is 5.75 Å². The van der Waals surface area contributed by atoms with Crippen LogP contribution in [0.3, 0.4) is 0 Å². The van der Waals surface area contributed by atoms with Crippen molar-refractivity contribution in [3.05, 3.63) is 29.8 Å². The van der Waals surface area contributed by atoms with Crippen molar-refractivity contribution in [1.29, 1.82) is 0 Å². The molecule has 0 bridgehead atoms. The maximum absolute atomic E-state index is 12.2. The molecule has 1 aromatic rings. The fourth-order valence-corrected chi connectivity index (χ4v) is 2.76. The van der Waals surface area contributed by atoms with Gasteiger partial charge in [0.25, 0.3) is 0 Å². The Morgan fingerprint density at radius 3 is 2.24 bits per heavy atom. The molecule has 0 spiro atoms. The minimum atomic E-state index is -2.79. The molecule has 1 fully saturated rings. The molecule has 0 radical (unpaired) electrons. The minimum absolute atomic E-state index is 0.129. The first kappa shape index (κ1) is 16.1. The zero-order valence-electron chi connectivity index (χ0n) is 12.3. The third-order valence-corrected chi connectivity index (χ3v) is 4.01. The van der Waals surface area contributed by atoms with Crippen LogP contribution in [0.1, 0.15) is 18.5 Å². The average molecular weight is 299 g/mol. The van der Waals surface area contributed by atoms with Crippen LogP contribution in [-0.4, -0.2) is 55.7 Å². The maximum atomic E-state index is 12.2. The number of piperazine rings is 1. The highest BCUT2D eigenvalue weighted by Crippen LogP contribution is 2.24. The Hall–Kier alpha value is -1.24. The number of benzene rings is 1. The summed E-state index contributed by atoms with van der Waals surface area (Å²) < 4.78 is 28.7. The fraction of sp³-hybridized carbons (Fsp3) is 0.600. The molecule has 2 N–H and O–H groups in total. The molecule has 0 aromatic heterocycles.